The Balaban J connectivity index is 3.12. The second kappa shape index (κ2) is 3.45. The highest BCUT2D eigenvalue weighted by Crippen LogP contribution is 2.14. The molecule has 0 fully saturated rings. The Morgan fingerprint density at radius 1 is 1.31 bits per heavy atom. The van der Waals surface area contributed by atoms with Crippen LogP contribution in [0.15, 0.2) is 29.3 Å². The molecule has 0 aliphatic heterocycles. The van der Waals surface area contributed by atoms with Crippen molar-refractivity contribution in [2.24, 2.45) is 4.99 Å². The molecule has 0 atom stereocenters. The van der Waals surface area contributed by atoms with Gasteiger partial charge in [0.05, 0.1) is 5.69 Å². The summed E-state index contributed by atoms with van der Waals surface area (Å²) < 4.78 is 36.4. The van der Waals surface area contributed by atoms with Crippen LogP contribution >= 0.6 is 0 Å². The van der Waals surface area contributed by atoms with Crippen LogP contribution in [-0.4, -0.2) is 13.1 Å². The molecule has 1 aromatic rings. The Kier molecular flexibility index (Phi) is 2.53. The summed E-state index contributed by atoms with van der Waals surface area (Å²) in [4.78, 5) is 12.9. The maximum atomic E-state index is 12.1. The molecule has 0 aromatic heterocycles. The summed E-state index contributed by atoms with van der Waals surface area (Å²) in [6.07, 6.45) is 1.18. The van der Waals surface area contributed by atoms with Gasteiger partial charge in [0.25, 0.3) is 0 Å². The van der Waals surface area contributed by atoms with E-state index in [2.05, 4.69) is 4.99 Å². The fourth-order valence-corrected chi connectivity index (χ4v) is 0.851. The van der Waals surface area contributed by atoms with Gasteiger partial charge in [-0.1, -0.05) is 18.2 Å². The largest absolute Gasteiger partial charge is 0.509 e. The topological polar surface area (TPSA) is 29.4 Å². The molecule has 0 saturated carbocycles. The molecule has 6 heteroatoms. The molecule has 0 heterocycles. The third-order valence-electron chi connectivity index (χ3n) is 1.42. The lowest BCUT2D eigenvalue weighted by atomic mass is 9.80. The van der Waals surface area contributed by atoms with Crippen molar-refractivity contribution in [3.63, 3.8) is 0 Å². The molecule has 13 heavy (non-hydrogen) atoms. The second-order valence-corrected chi connectivity index (χ2v) is 2.37. The van der Waals surface area contributed by atoms with Crippen molar-refractivity contribution in [2.75, 3.05) is 0 Å². The van der Waals surface area contributed by atoms with Crippen LogP contribution in [0.4, 0.5) is 18.6 Å². The monoisotopic (exact) mass is 186 g/mol. The molecule has 0 radical (unpaired) electrons. The number of halogens is 3. The minimum Gasteiger partial charge on any atom is -0.445 e. The lowest BCUT2D eigenvalue weighted by Crippen LogP contribution is -2.33. The Hall–Kier alpha value is -1.55. The third kappa shape index (κ3) is 2.45. The third-order valence-corrected chi connectivity index (χ3v) is 1.42. The maximum absolute atomic E-state index is 12.1. The van der Waals surface area contributed by atoms with Gasteiger partial charge in [0, 0.05) is 0 Å². The first kappa shape index (κ1) is 9.54. The molecule has 0 aliphatic carbocycles. The van der Waals surface area contributed by atoms with Crippen molar-refractivity contribution in [3.8, 4) is 0 Å². The van der Waals surface area contributed by atoms with Gasteiger partial charge in [-0.2, -0.15) is 4.99 Å². The highest BCUT2D eigenvalue weighted by molar-refractivity contribution is 6.73. The van der Waals surface area contributed by atoms with E-state index in [4.69, 9.17) is 0 Å². The Labute approximate surface area is 72.2 Å². The van der Waals surface area contributed by atoms with Gasteiger partial charge in [0.15, 0.2) is 0 Å². The van der Waals surface area contributed by atoms with Crippen LogP contribution in [0.2, 0.25) is 0 Å². The molecule has 0 aliphatic rings. The van der Waals surface area contributed by atoms with Crippen LogP contribution in [0.25, 0.3) is 0 Å². The lowest BCUT2D eigenvalue weighted by Gasteiger charge is -2.14. The molecule has 1 aromatic carbocycles. The minimum atomic E-state index is -5.03. The number of hydrogen-bond acceptors (Lipinski definition) is 2. The van der Waals surface area contributed by atoms with E-state index in [9.17, 15) is 17.7 Å². The number of isocyanates is 1. The average Bonchev–Trinajstić information content (AvgIpc) is 2.04. The molecule has 0 unspecified atom stereocenters. The maximum Gasteiger partial charge on any atom is 0.509 e. The van der Waals surface area contributed by atoms with Gasteiger partial charge in [-0.25, -0.2) is 4.79 Å². The first-order valence-electron chi connectivity index (χ1n) is 3.42. The summed E-state index contributed by atoms with van der Waals surface area (Å²) in [5, 5.41) is 0. The normalized spacial score (nSPS) is 10.7. The quantitative estimate of drug-likeness (QED) is 0.392. The molecule has 0 amide bonds. The Bertz CT molecular complexity index is 357. The molecular formula is C7H4BF3NO-. The summed E-state index contributed by atoms with van der Waals surface area (Å²) >= 11 is 0. The first-order valence-corrected chi connectivity index (χ1v) is 3.42. The van der Waals surface area contributed by atoms with Crippen LogP contribution in [0, 0.1) is 0 Å². The van der Waals surface area contributed by atoms with Crippen LogP contribution < -0.4 is 5.46 Å². The van der Waals surface area contributed by atoms with Gasteiger partial charge < -0.3 is 12.9 Å². The summed E-state index contributed by atoms with van der Waals surface area (Å²) in [5.41, 5.74) is -0.803. The van der Waals surface area contributed by atoms with E-state index in [0.717, 1.165) is 12.1 Å². The molecule has 0 saturated heterocycles. The van der Waals surface area contributed by atoms with E-state index in [1.165, 1.54) is 18.2 Å². The van der Waals surface area contributed by atoms with Crippen molar-refractivity contribution in [1.29, 1.82) is 0 Å². The zero-order chi connectivity index (χ0) is 9.90. The van der Waals surface area contributed by atoms with Gasteiger partial charge in [-0.15, -0.1) is 5.46 Å². The molecule has 1 rings (SSSR count). The fourth-order valence-electron chi connectivity index (χ4n) is 0.851. The molecule has 0 bridgehead atoms. The summed E-state index contributed by atoms with van der Waals surface area (Å²) in [5.74, 6) is 0. The Morgan fingerprint density at radius 2 is 2.00 bits per heavy atom. The molecular weight excluding hydrogens is 182 g/mol. The minimum absolute atomic E-state index is 0.0355. The van der Waals surface area contributed by atoms with Crippen molar-refractivity contribution in [3.05, 3.63) is 24.3 Å². The van der Waals surface area contributed by atoms with Crippen LogP contribution in [-0.2, 0) is 4.79 Å². The van der Waals surface area contributed by atoms with E-state index >= 15 is 0 Å². The number of hydrogen-bond donors (Lipinski definition) is 0. The highest BCUT2D eigenvalue weighted by atomic mass is 19.4. The SMILES string of the molecule is O=C=Nc1cccc([B-](F)(F)F)c1. The standard InChI is InChI=1S/C7H4BF3NO/c9-8(10,11)6-2-1-3-7(4-6)12-5-13/h1-4H/q-1. The van der Waals surface area contributed by atoms with Gasteiger partial charge >= 0.3 is 6.98 Å². The number of nitrogens with zero attached hydrogens (tertiary/aromatic N) is 1. The fraction of sp³-hybridized carbons (Fsp3) is 0. The number of aliphatic imine (C=N–C) groups is 1. The van der Waals surface area contributed by atoms with E-state index < -0.39 is 12.4 Å². The van der Waals surface area contributed by atoms with E-state index in [1.807, 2.05) is 0 Å². The van der Waals surface area contributed by atoms with E-state index in [0.29, 0.717) is 0 Å². The van der Waals surface area contributed by atoms with Gasteiger partial charge in [-0.05, 0) is 6.07 Å². The van der Waals surface area contributed by atoms with Crippen molar-refractivity contribution in [2.45, 2.75) is 0 Å². The average molecular weight is 186 g/mol. The van der Waals surface area contributed by atoms with E-state index in [-0.39, 0.29) is 5.69 Å². The summed E-state index contributed by atoms with van der Waals surface area (Å²) in [7, 11) is 0. The second-order valence-electron chi connectivity index (χ2n) is 2.37. The van der Waals surface area contributed by atoms with Crippen LogP contribution in [0.1, 0.15) is 0 Å². The predicted molar refractivity (Wildman–Crippen MR) is 42.9 cm³/mol. The van der Waals surface area contributed by atoms with Gasteiger partial charge in [-0.3, -0.25) is 0 Å². The van der Waals surface area contributed by atoms with Crippen LogP contribution in [0.5, 0.6) is 0 Å². The van der Waals surface area contributed by atoms with Crippen molar-refractivity contribution < 1.29 is 17.7 Å². The summed E-state index contributed by atoms with van der Waals surface area (Å²) in [6.45, 7) is -5.03. The highest BCUT2D eigenvalue weighted by Gasteiger charge is 2.25. The van der Waals surface area contributed by atoms with Gasteiger partial charge in [0.2, 0.25) is 6.08 Å². The Morgan fingerprint density at radius 3 is 2.54 bits per heavy atom. The summed E-state index contributed by atoms with van der Waals surface area (Å²) in [6, 6.07) is 4.24. The smallest absolute Gasteiger partial charge is 0.445 e. The van der Waals surface area contributed by atoms with Crippen LogP contribution in [0.3, 0.4) is 0 Å². The number of benzene rings is 1. The number of rotatable bonds is 2. The van der Waals surface area contributed by atoms with E-state index in [1.54, 1.807) is 0 Å². The first-order chi connectivity index (χ1) is 6.04. The zero-order valence-corrected chi connectivity index (χ0v) is 6.38. The van der Waals surface area contributed by atoms with Crippen molar-refractivity contribution in [1.82, 2.24) is 0 Å². The predicted octanol–water partition coefficient (Wildman–Crippen LogP) is 1.71. The van der Waals surface area contributed by atoms with Crippen molar-refractivity contribution >= 4 is 24.2 Å². The molecule has 68 valence electrons. The molecule has 0 N–H and O–H groups in total. The zero-order valence-electron chi connectivity index (χ0n) is 6.38. The molecule has 0 spiro atoms. The lowest BCUT2D eigenvalue weighted by molar-refractivity contribution is 0.501. The van der Waals surface area contributed by atoms with Gasteiger partial charge in [0.1, 0.15) is 0 Å². The molecule has 2 nitrogen and oxygen atoms in total. The number of carbonyl (C=O) groups excluding carboxylic acids is 1.